The van der Waals surface area contributed by atoms with Crippen LogP contribution in [-0.4, -0.2) is 34.0 Å². The lowest BCUT2D eigenvalue weighted by Gasteiger charge is -2.42. The first-order chi connectivity index (χ1) is 16.6. The molecule has 4 rings (SSSR count). The molecule has 5 heteroatoms. The molecular formula is C30H38N2O3. The zero-order valence-electron chi connectivity index (χ0n) is 21.7. The number of aliphatic hydroxyl groups excluding tert-OH is 1. The molecule has 5 nitrogen and oxygen atoms in total. The summed E-state index contributed by atoms with van der Waals surface area (Å²) in [5.74, 6) is 0.926. The van der Waals surface area contributed by atoms with Crippen LogP contribution in [-0.2, 0) is 23.8 Å². The van der Waals surface area contributed by atoms with E-state index in [0.717, 1.165) is 11.5 Å². The summed E-state index contributed by atoms with van der Waals surface area (Å²) in [6.45, 7) is 12.4. The van der Waals surface area contributed by atoms with Crippen LogP contribution in [0.2, 0.25) is 0 Å². The van der Waals surface area contributed by atoms with Gasteiger partial charge in [0.05, 0.1) is 12.2 Å². The zero-order valence-corrected chi connectivity index (χ0v) is 21.7. The van der Waals surface area contributed by atoms with Gasteiger partial charge < -0.3 is 14.4 Å². The maximum absolute atomic E-state index is 13.3. The predicted molar refractivity (Wildman–Crippen MR) is 139 cm³/mol. The molecule has 2 heterocycles. The van der Waals surface area contributed by atoms with E-state index in [0.29, 0.717) is 31.7 Å². The SMILES string of the molecule is Cc1cc2c(cc1Cc1ccc(C(=O)N(CCCO)Cc3ccccn3)o1)C(C)(C)CCC2(C)C. The van der Waals surface area contributed by atoms with Crippen molar-refractivity contribution in [1.82, 2.24) is 9.88 Å². The van der Waals surface area contributed by atoms with Gasteiger partial charge in [-0.1, -0.05) is 45.9 Å². The second-order valence-electron chi connectivity index (χ2n) is 11.2. The first-order valence-corrected chi connectivity index (χ1v) is 12.6. The van der Waals surface area contributed by atoms with Crippen molar-refractivity contribution in [2.45, 2.75) is 77.7 Å². The van der Waals surface area contributed by atoms with Crippen molar-refractivity contribution in [1.29, 1.82) is 0 Å². The number of rotatable bonds is 8. The van der Waals surface area contributed by atoms with E-state index in [2.05, 4.69) is 51.7 Å². The number of aromatic nitrogens is 1. The number of carbonyl (C=O) groups is 1. The highest BCUT2D eigenvalue weighted by Gasteiger charge is 2.37. The van der Waals surface area contributed by atoms with Gasteiger partial charge in [0.2, 0.25) is 0 Å². The van der Waals surface area contributed by atoms with Crippen LogP contribution in [0, 0.1) is 6.92 Å². The number of hydrogen-bond acceptors (Lipinski definition) is 4. The summed E-state index contributed by atoms with van der Waals surface area (Å²) in [7, 11) is 0. The second-order valence-corrected chi connectivity index (χ2v) is 11.2. The number of fused-ring (bicyclic) bond motifs is 1. The molecular weight excluding hydrogens is 436 g/mol. The Morgan fingerprint density at radius 3 is 2.43 bits per heavy atom. The quantitative estimate of drug-likeness (QED) is 0.438. The molecule has 0 unspecified atom stereocenters. The summed E-state index contributed by atoms with van der Waals surface area (Å²) < 4.78 is 6.07. The third-order valence-corrected chi connectivity index (χ3v) is 7.50. The maximum atomic E-state index is 13.3. The molecule has 0 bridgehead atoms. The van der Waals surface area contributed by atoms with E-state index in [9.17, 15) is 9.90 Å². The predicted octanol–water partition coefficient (Wildman–Crippen LogP) is 5.95. The number of carbonyl (C=O) groups excluding carboxylic acids is 1. The van der Waals surface area contributed by atoms with Crippen LogP contribution >= 0.6 is 0 Å². The van der Waals surface area contributed by atoms with Gasteiger partial charge in [0.1, 0.15) is 5.76 Å². The van der Waals surface area contributed by atoms with Crippen molar-refractivity contribution in [2.24, 2.45) is 0 Å². The van der Waals surface area contributed by atoms with Crippen molar-refractivity contribution in [2.75, 3.05) is 13.2 Å². The minimum Gasteiger partial charge on any atom is -0.456 e. The van der Waals surface area contributed by atoms with Crippen LogP contribution < -0.4 is 0 Å². The van der Waals surface area contributed by atoms with E-state index in [1.807, 2.05) is 24.3 Å². The lowest BCUT2D eigenvalue weighted by molar-refractivity contribution is 0.0696. The number of benzene rings is 1. The van der Waals surface area contributed by atoms with Gasteiger partial charge in [-0.25, -0.2) is 0 Å². The van der Waals surface area contributed by atoms with E-state index in [1.54, 1.807) is 17.2 Å². The molecule has 0 atom stereocenters. The van der Waals surface area contributed by atoms with E-state index < -0.39 is 0 Å². The topological polar surface area (TPSA) is 66.6 Å². The molecule has 2 aromatic heterocycles. The van der Waals surface area contributed by atoms with Crippen LogP contribution in [0.15, 0.2) is 53.1 Å². The smallest absolute Gasteiger partial charge is 0.289 e. The van der Waals surface area contributed by atoms with Gasteiger partial charge >= 0.3 is 0 Å². The van der Waals surface area contributed by atoms with E-state index in [4.69, 9.17) is 4.42 Å². The normalized spacial score (nSPS) is 16.1. The van der Waals surface area contributed by atoms with Gasteiger partial charge in [-0.05, 0) is 83.5 Å². The third-order valence-electron chi connectivity index (χ3n) is 7.50. The van der Waals surface area contributed by atoms with Crippen molar-refractivity contribution in [3.8, 4) is 0 Å². The molecule has 1 aliphatic carbocycles. The summed E-state index contributed by atoms with van der Waals surface area (Å²) in [6, 6.07) is 14.1. The highest BCUT2D eigenvalue weighted by molar-refractivity contribution is 5.91. The Bertz CT molecular complexity index is 1180. The number of aryl methyl sites for hydroxylation is 1. The molecule has 1 aliphatic rings. The maximum Gasteiger partial charge on any atom is 0.289 e. The fourth-order valence-corrected chi connectivity index (χ4v) is 5.09. The van der Waals surface area contributed by atoms with Crippen LogP contribution in [0.4, 0.5) is 0 Å². The molecule has 186 valence electrons. The van der Waals surface area contributed by atoms with Gasteiger partial charge in [0, 0.05) is 25.8 Å². The van der Waals surface area contributed by atoms with E-state index >= 15 is 0 Å². The minimum atomic E-state index is -0.180. The number of furan rings is 1. The molecule has 0 radical (unpaired) electrons. The largest absolute Gasteiger partial charge is 0.456 e. The average Bonchev–Trinajstić information content (AvgIpc) is 3.29. The number of amides is 1. The molecule has 1 N–H and O–H groups in total. The Hall–Kier alpha value is -2.92. The zero-order chi connectivity index (χ0) is 25.2. The van der Waals surface area contributed by atoms with Gasteiger partial charge in [-0.3, -0.25) is 9.78 Å². The molecule has 0 saturated carbocycles. The number of nitrogens with zero attached hydrogens (tertiary/aromatic N) is 2. The molecule has 3 aromatic rings. The molecule has 0 saturated heterocycles. The van der Waals surface area contributed by atoms with Crippen molar-refractivity contribution >= 4 is 5.91 Å². The molecule has 1 aromatic carbocycles. The van der Waals surface area contributed by atoms with Gasteiger partial charge in [0.15, 0.2) is 5.76 Å². The Kier molecular flexibility index (Phi) is 7.18. The molecule has 0 aliphatic heterocycles. The van der Waals surface area contributed by atoms with Gasteiger partial charge in [-0.15, -0.1) is 0 Å². The van der Waals surface area contributed by atoms with Crippen molar-refractivity contribution in [3.63, 3.8) is 0 Å². The fourth-order valence-electron chi connectivity index (χ4n) is 5.09. The minimum absolute atomic E-state index is 0.0279. The Morgan fingerprint density at radius 1 is 1.06 bits per heavy atom. The van der Waals surface area contributed by atoms with Crippen LogP contribution in [0.25, 0.3) is 0 Å². The Balaban J connectivity index is 1.56. The Labute approximate surface area is 209 Å². The monoisotopic (exact) mass is 474 g/mol. The molecule has 35 heavy (non-hydrogen) atoms. The number of aliphatic hydroxyl groups is 1. The highest BCUT2D eigenvalue weighted by Crippen LogP contribution is 2.46. The lowest BCUT2D eigenvalue weighted by atomic mass is 9.62. The average molecular weight is 475 g/mol. The first kappa shape index (κ1) is 25.2. The fraction of sp³-hybridized carbons (Fsp3) is 0.467. The molecule has 1 amide bonds. The van der Waals surface area contributed by atoms with Crippen LogP contribution in [0.1, 0.15) is 91.2 Å². The van der Waals surface area contributed by atoms with Crippen molar-refractivity contribution in [3.05, 3.63) is 88.1 Å². The lowest BCUT2D eigenvalue weighted by Crippen LogP contribution is -2.34. The summed E-state index contributed by atoms with van der Waals surface area (Å²) >= 11 is 0. The van der Waals surface area contributed by atoms with Crippen LogP contribution in [0.3, 0.4) is 0 Å². The molecule has 0 fully saturated rings. The summed E-state index contributed by atoms with van der Waals surface area (Å²) in [5.41, 5.74) is 6.54. The van der Waals surface area contributed by atoms with Gasteiger partial charge in [-0.2, -0.15) is 0 Å². The van der Waals surface area contributed by atoms with Crippen LogP contribution in [0.5, 0.6) is 0 Å². The van der Waals surface area contributed by atoms with Gasteiger partial charge in [0.25, 0.3) is 5.91 Å². The standard InChI is InChI=1S/C30H38N2O3/c1-21-17-25-26(30(4,5)13-12-29(25,2)3)19-22(21)18-24-10-11-27(35-24)28(34)32(15-8-16-33)20-23-9-6-7-14-31-23/h6-7,9-11,14,17,19,33H,8,12-13,15-16,18,20H2,1-5H3. The summed E-state index contributed by atoms with van der Waals surface area (Å²) in [6.07, 6.45) is 5.25. The third kappa shape index (κ3) is 5.51. The van der Waals surface area contributed by atoms with Crippen molar-refractivity contribution < 1.29 is 14.3 Å². The summed E-state index contributed by atoms with van der Waals surface area (Å²) in [5, 5.41) is 9.30. The first-order valence-electron chi connectivity index (χ1n) is 12.6. The van der Waals surface area contributed by atoms with E-state index in [1.165, 1.54) is 35.1 Å². The number of pyridine rings is 1. The Morgan fingerprint density at radius 2 is 1.77 bits per heavy atom. The number of hydrogen-bond donors (Lipinski definition) is 1. The summed E-state index contributed by atoms with van der Waals surface area (Å²) in [4.78, 5) is 19.3. The molecule has 0 spiro atoms. The second kappa shape index (κ2) is 9.98. The van der Waals surface area contributed by atoms with E-state index in [-0.39, 0.29) is 23.3 Å². The highest BCUT2D eigenvalue weighted by atomic mass is 16.4.